The highest BCUT2D eigenvalue weighted by atomic mass is 35.5. The average Bonchev–Trinajstić information content (AvgIpc) is 3.02. The maximum absolute atomic E-state index is 6.03. The molecule has 0 unspecified atom stereocenters. The van der Waals surface area contributed by atoms with E-state index in [2.05, 4.69) is 30.9 Å². The van der Waals surface area contributed by atoms with Gasteiger partial charge in [0.25, 0.3) is 0 Å². The third-order valence-electron chi connectivity index (χ3n) is 3.29. The first-order valence-electron chi connectivity index (χ1n) is 7.23. The van der Waals surface area contributed by atoms with Crippen molar-refractivity contribution in [1.29, 1.82) is 0 Å². The summed E-state index contributed by atoms with van der Waals surface area (Å²) in [5.74, 6) is 0.899. The fraction of sp³-hybridized carbons (Fsp3) is 0. The highest BCUT2D eigenvalue weighted by Gasteiger charge is 2.13. The molecule has 0 bridgehead atoms. The van der Waals surface area contributed by atoms with Gasteiger partial charge in [-0.15, -0.1) is 0 Å². The smallest absolute Gasteiger partial charge is 0.245 e. The monoisotopic (exact) mass is 372 g/mol. The molecule has 0 saturated carbocycles. The molecule has 0 aliphatic carbocycles. The number of rotatable bonds is 4. The summed E-state index contributed by atoms with van der Waals surface area (Å²) in [6, 6.07) is 14.5. The molecule has 2 N–H and O–H groups in total. The SMILES string of the molecule is Clc1cccc(Nc2nc3nonc3nc2Nc2cccc(Cl)c2)c1. The van der Waals surface area contributed by atoms with Crippen molar-refractivity contribution in [3.8, 4) is 0 Å². The summed E-state index contributed by atoms with van der Waals surface area (Å²) < 4.78 is 4.69. The minimum absolute atomic E-state index is 0.293. The number of halogens is 2. The van der Waals surface area contributed by atoms with E-state index in [4.69, 9.17) is 27.8 Å². The van der Waals surface area contributed by atoms with Gasteiger partial charge in [-0.2, -0.15) is 0 Å². The lowest BCUT2D eigenvalue weighted by atomic mass is 10.3. The zero-order chi connectivity index (χ0) is 17.2. The number of hydrogen-bond acceptors (Lipinski definition) is 7. The molecule has 2 aromatic heterocycles. The molecule has 7 nitrogen and oxygen atoms in total. The summed E-state index contributed by atoms with van der Waals surface area (Å²) in [5, 5.41) is 15.0. The minimum atomic E-state index is 0.293. The van der Waals surface area contributed by atoms with Crippen LogP contribution < -0.4 is 10.6 Å². The van der Waals surface area contributed by atoms with Crippen molar-refractivity contribution in [2.45, 2.75) is 0 Å². The van der Waals surface area contributed by atoms with E-state index in [1.54, 1.807) is 24.3 Å². The fourth-order valence-electron chi connectivity index (χ4n) is 2.22. The minimum Gasteiger partial charge on any atom is -0.337 e. The van der Waals surface area contributed by atoms with Crippen molar-refractivity contribution < 1.29 is 4.63 Å². The van der Waals surface area contributed by atoms with Gasteiger partial charge in [-0.25, -0.2) is 14.6 Å². The Morgan fingerprint density at radius 2 is 1.20 bits per heavy atom. The molecule has 9 heteroatoms. The predicted octanol–water partition coefficient (Wildman–Crippen LogP) is 4.81. The van der Waals surface area contributed by atoms with Crippen molar-refractivity contribution >= 4 is 57.5 Å². The number of hydrogen-bond donors (Lipinski definition) is 2. The van der Waals surface area contributed by atoms with Gasteiger partial charge in [0.15, 0.2) is 11.6 Å². The molecule has 2 aromatic carbocycles. The topological polar surface area (TPSA) is 88.8 Å². The van der Waals surface area contributed by atoms with Gasteiger partial charge in [0.1, 0.15) is 0 Å². The number of nitrogens with one attached hydrogen (secondary N) is 2. The molecule has 2 heterocycles. The van der Waals surface area contributed by atoms with Crippen molar-refractivity contribution in [3.63, 3.8) is 0 Å². The number of fused-ring (bicyclic) bond motifs is 1. The quantitative estimate of drug-likeness (QED) is 0.531. The lowest BCUT2D eigenvalue weighted by Gasteiger charge is -2.12. The first kappa shape index (κ1) is 15.6. The Bertz CT molecular complexity index is 970. The van der Waals surface area contributed by atoms with Crippen LogP contribution in [0.5, 0.6) is 0 Å². The van der Waals surface area contributed by atoms with Gasteiger partial charge < -0.3 is 10.6 Å². The Morgan fingerprint density at radius 3 is 1.64 bits per heavy atom. The van der Waals surface area contributed by atoms with Crippen molar-refractivity contribution in [2.24, 2.45) is 0 Å². The van der Waals surface area contributed by atoms with Gasteiger partial charge in [-0.3, -0.25) is 0 Å². The molecule has 0 amide bonds. The van der Waals surface area contributed by atoms with Crippen LogP contribution in [-0.2, 0) is 0 Å². The van der Waals surface area contributed by atoms with Gasteiger partial charge in [0.05, 0.1) is 0 Å². The third-order valence-corrected chi connectivity index (χ3v) is 3.76. The van der Waals surface area contributed by atoms with Crippen LogP contribution in [0.1, 0.15) is 0 Å². The van der Waals surface area contributed by atoms with E-state index in [0.717, 1.165) is 11.4 Å². The fourth-order valence-corrected chi connectivity index (χ4v) is 2.60. The van der Waals surface area contributed by atoms with Gasteiger partial charge >= 0.3 is 0 Å². The summed E-state index contributed by atoms with van der Waals surface area (Å²) >= 11 is 12.1. The van der Waals surface area contributed by atoms with E-state index in [1.165, 1.54) is 0 Å². The molecule has 124 valence electrons. The van der Waals surface area contributed by atoms with Crippen LogP contribution in [0.15, 0.2) is 53.2 Å². The van der Waals surface area contributed by atoms with E-state index in [0.29, 0.717) is 33.0 Å². The highest BCUT2D eigenvalue weighted by Crippen LogP contribution is 2.28. The van der Waals surface area contributed by atoms with E-state index in [-0.39, 0.29) is 0 Å². The summed E-state index contributed by atoms with van der Waals surface area (Å²) in [4.78, 5) is 8.80. The lowest BCUT2D eigenvalue weighted by molar-refractivity contribution is 0.314. The Morgan fingerprint density at radius 1 is 0.720 bits per heavy atom. The second-order valence-electron chi connectivity index (χ2n) is 5.10. The first-order valence-corrected chi connectivity index (χ1v) is 7.98. The molecule has 0 atom stereocenters. The van der Waals surface area contributed by atoms with Gasteiger partial charge in [0, 0.05) is 21.4 Å². The Kier molecular flexibility index (Phi) is 4.09. The Labute approximate surface area is 152 Å². The maximum Gasteiger partial charge on any atom is 0.245 e. The molecular formula is C16H10Cl2N6O. The number of nitrogens with zero attached hydrogens (tertiary/aromatic N) is 4. The molecule has 0 saturated heterocycles. The van der Waals surface area contributed by atoms with Crippen molar-refractivity contribution in [1.82, 2.24) is 20.3 Å². The van der Waals surface area contributed by atoms with Crippen LogP contribution >= 0.6 is 23.2 Å². The van der Waals surface area contributed by atoms with Crippen molar-refractivity contribution in [2.75, 3.05) is 10.6 Å². The molecule has 0 spiro atoms. The normalized spacial score (nSPS) is 10.8. The van der Waals surface area contributed by atoms with Crippen LogP contribution in [0.25, 0.3) is 11.3 Å². The van der Waals surface area contributed by atoms with Gasteiger partial charge in [-0.05, 0) is 46.7 Å². The Hall–Kier alpha value is -2.90. The van der Waals surface area contributed by atoms with Crippen LogP contribution in [0, 0.1) is 0 Å². The summed E-state index contributed by atoms with van der Waals surface area (Å²) in [7, 11) is 0. The summed E-state index contributed by atoms with van der Waals surface area (Å²) in [6.45, 7) is 0. The van der Waals surface area contributed by atoms with Crippen molar-refractivity contribution in [3.05, 3.63) is 58.6 Å². The van der Waals surface area contributed by atoms with Crippen LogP contribution in [0.2, 0.25) is 10.0 Å². The number of anilines is 4. The predicted molar refractivity (Wildman–Crippen MR) is 96.9 cm³/mol. The molecule has 0 fully saturated rings. The maximum atomic E-state index is 6.03. The van der Waals surface area contributed by atoms with E-state index in [1.807, 2.05) is 24.3 Å². The largest absolute Gasteiger partial charge is 0.337 e. The van der Waals surface area contributed by atoms with Crippen LogP contribution in [0.4, 0.5) is 23.0 Å². The van der Waals surface area contributed by atoms with Crippen LogP contribution in [0.3, 0.4) is 0 Å². The molecular weight excluding hydrogens is 363 g/mol. The van der Waals surface area contributed by atoms with E-state index in [9.17, 15) is 0 Å². The zero-order valence-corrected chi connectivity index (χ0v) is 14.1. The lowest BCUT2D eigenvalue weighted by Crippen LogP contribution is -2.03. The van der Waals surface area contributed by atoms with Gasteiger partial charge in [0.2, 0.25) is 11.3 Å². The Balaban J connectivity index is 1.75. The molecule has 0 radical (unpaired) electrons. The third kappa shape index (κ3) is 3.47. The van der Waals surface area contributed by atoms with Crippen LogP contribution in [-0.4, -0.2) is 20.3 Å². The molecule has 4 rings (SSSR count). The van der Waals surface area contributed by atoms with Gasteiger partial charge in [-0.1, -0.05) is 35.3 Å². The number of benzene rings is 2. The van der Waals surface area contributed by atoms with E-state index < -0.39 is 0 Å². The average molecular weight is 373 g/mol. The van der Waals surface area contributed by atoms with E-state index >= 15 is 0 Å². The standard InChI is InChI=1S/C16H10Cl2N6O/c17-9-3-1-5-11(7-9)19-13-14(20-12-6-2-4-10(18)8-12)22-16-15(21-13)23-25-24-16/h1-8H,(H,19,21,23)(H,20,22,24). The summed E-state index contributed by atoms with van der Waals surface area (Å²) in [6.07, 6.45) is 0. The molecule has 4 aromatic rings. The summed E-state index contributed by atoms with van der Waals surface area (Å²) in [5.41, 5.74) is 2.10. The highest BCUT2D eigenvalue weighted by molar-refractivity contribution is 6.31. The zero-order valence-electron chi connectivity index (χ0n) is 12.6. The molecule has 25 heavy (non-hydrogen) atoms. The number of aromatic nitrogens is 4. The first-order chi connectivity index (χ1) is 12.2. The molecule has 0 aliphatic rings. The second-order valence-corrected chi connectivity index (χ2v) is 5.98. The second kappa shape index (κ2) is 6.54. The molecule has 0 aliphatic heterocycles.